The summed E-state index contributed by atoms with van der Waals surface area (Å²) >= 11 is 5.93. The van der Waals surface area contributed by atoms with E-state index in [2.05, 4.69) is 33.8 Å². The number of aliphatic imine (C=N–C) groups is 1. The lowest BCUT2D eigenvalue weighted by Crippen LogP contribution is -2.56. The second-order valence-corrected chi connectivity index (χ2v) is 7.40. The van der Waals surface area contributed by atoms with Crippen molar-refractivity contribution in [3.8, 4) is 0 Å². The van der Waals surface area contributed by atoms with Crippen molar-refractivity contribution in [3.63, 3.8) is 0 Å². The molecule has 35 heavy (non-hydrogen) atoms. The molecule has 0 aliphatic carbocycles. The van der Waals surface area contributed by atoms with Crippen LogP contribution < -0.4 is 16.1 Å². The number of pyridine rings is 1. The van der Waals surface area contributed by atoms with Gasteiger partial charge in [0.05, 0.1) is 25.1 Å². The molecule has 2 aromatic rings. The highest BCUT2D eigenvalue weighted by Gasteiger charge is 2.41. The van der Waals surface area contributed by atoms with Gasteiger partial charge in [0.1, 0.15) is 0 Å². The van der Waals surface area contributed by atoms with Crippen LogP contribution in [0.4, 0.5) is 5.69 Å². The number of halogens is 1. The minimum absolute atomic E-state index is 0.0574. The average Bonchev–Trinajstić information content (AvgIpc) is 2.85. The van der Waals surface area contributed by atoms with Crippen molar-refractivity contribution in [1.29, 1.82) is 0 Å². The van der Waals surface area contributed by atoms with E-state index in [1.165, 1.54) is 30.5 Å². The van der Waals surface area contributed by atoms with Crippen molar-refractivity contribution >= 4 is 29.2 Å². The Morgan fingerprint density at radius 2 is 1.91 bits per heavy atom. The van der Waals surface area contributed by atoms with E-state index in [1.54, 1.807) is 37.4 Å². The molecule has 12 heteroatoms. The average molecular weight is 503 g/mol. The molecular weight excluding hydrogens is 476 g/mol. The van der Waals surface area contributed by atoms with Gasteiger partial charge in [-0.15, -0.1) is 13.2 Å². The Balaban J connectivity index is 2.54. The molecule has 0 saturated heterocycles. The van der Waals surface area contributed by atoms with Crippen LogP contribution in [0.3, 0.4) is 0 Å². The molecule has 0 fully saturated rings. The summed E-state index contributed by atoms with van der Waals surface area (Å²) in [5.74, 6) is -2.34. The smallest absolute Gasteiger partial charge is 0.261 e. The van der Waals surface area contributed by atoms with Gasteiger partial charge >= 0.3 is 0 Å². The van der Waals surface area contributed by atoms with Crippen LogP contribution in [0.15, 0.2) is 79.1 Å². The van der Waals surface area contributed by atoms with Gasteiger partial charge < -0.3 is 20.1 Å². The van der Waals surface area contributed by atoms with Crippen LogP contribution in [0.2, 0.25) is 5.02 Å². The second kappa shape index (κ2) is 13.8. The number of nitro groups is 1. The SMILES string of the molecule is C=CCOC(CC)(OCC=C)C(/N=C(/Nc1cccnc1)N[N+](=O)[O-])NC(=O)c1ccc(Cl)cc1. The Bertz CT molecular complexity index is 1020. The van der Waals surface area contributed by atoms with Gasteiger partial charge in [0.25, 0.3) is 11.9 Å². The largest absolute Gasteiger partial charge is 0.342 e. The number of rotatable bonds is 13. The number of amides is 1. The first-order chi connectivity index (χ1) is 16.8. The summed E-state index contributed by atoms with van der Waals surface area (Å²) in [7, 11) is 0. The van der Waals surface area contributed by atoms with Crippen LogP contribution in [0.25, 0.3) is 0 Å². The number of hydrogen-bond acceptors (Lipinski definition) is 7. The zero-order chi connectivity index (χ0) is 25.7. The number of aromatic nitrogens is 1. The molecule has 1 atom stereocenters. The number of nitrogens with zero attached hydrogens (tertiary/aromatic N) is 3. The predicted octanol–water partition coefficient (Wildman–Crippen LogP) is 3.55. The van der Waals surface area contributed by atoms with E-state index in [0.717, 1.165) is 0 Å². The number of nitrogens with one attached hydrogen (secondary N) is 3. The number of guanidine groups is 1. The third-order valence-electron chi connectivity index (χ3n) is 4.55. The number of hydrogen-bond donors (Lipinski definition) is 3. The highest BCUT2D eigenvalue weighted by molar-refractivity contribution is 6.30. The highest BCUT2D eigenvalue weighted by atomic mass is 35.5. The van der Waals surface area contributed by atoms with Gasteiger partial charge in [-0.2, -0.15) is 0 Å². The van der Waals surface area contributed by atoms with Crippen LogP contribution in [-0.4, -0.2) is 47.0 Å². The Morgan fingerprint density at radius 3 is 2.43 bits per heavy atom. The molecule has 1 aromatic carbocycles. The number of anilines is 1. The van der Waals surface area contributed by atoms with Crippen molar-refractivity contribution in [1.82, 2.24) is 15.7 Å². The summed E-state index contributed by atoms with van der Waals surface area (Å²) in [5.41, 5.74) is 2.71. The summed E-state index contributed by atoms with van der Waals surface area (Å²) in [4.78, 5) is 32.7. The van der Waals surface area contributed by atoms with E-state index in [0.29, 0.717) is 10.7 Å². The van der Waals surface area contributed by atoms with Gasteiger partial charge in [-0.05, 0) is 36.4 Å². The van der Waals surface area contributed by atoms with Crippen molar-refractivity contribution < 1.29 is 19.3 Å². The first-order valence-electron chi connectivity index (χ1n) is 10.6. The lowest BCUT2D eigenvalue weighted by atomic mass is 10.1. The van der Waals surface area contributed by atoms with E-state index < -0.39 is 22.9 Å². The van der Waals surface area contributed by atoms with E-state index in [-0.39, 0.29) is 31.2 Å². The molecule has 0 bridgehead atoms. The normalized spacial score (nSPS) is 12.3. The van der Waals surface area contributed by atoms with Crippen LogP contribution >= 0.6 is 11.6 Å². The Kier molecular flexibility index (Phi) is 10.8. The molecule has 186 valence electrons. The van der Waals surface area contributed by atoms with Crippen molar-refractivity contribution in [2.45, 2.75) is 25.3 Å². The Labute approximate surface area is 208 Å². The summed E-state index contributed by atoms with van der Waals surface area (Å²) in [6.07, 6.45) is 4.98. The van der Waals surface area contributed by atoms with E-state index in [9.17, 15) is 14.9 Å². The van der Waals surface area contributed by atoms with E-state index in [1.807, 2.05) is 5.43 Å². The van der Waals surface area contributed by atoms with E-state index in [4.69, 9.17) is 21.1 Å². The molecule has 0 aliphatic heterocycles. The quantitative estimate of drug-likeness (QED) is 0.0943. The molecular formula is C23H27ClN6O5. The zero-order valence-electron chi connectivity index (χ0n) is 19.1. The number of carbonyl (C=O) groups excluding carboxylic acids is 1. The van der Waals surface area contributed by atoms with Gasteiger partial charge in [-0.3, -0.25) is 9.78 Å². The van der Waals surface area contributed by atoms with Crippen LogP contribution in [0, 0.1) is 10.1 Å². The van der Waals surface area contributed by atoms with Crippen molar-refractivity contribution in [2.75, 3.05) is 18.5 Å². The molecule has 1 amide bonds. The fourth-order valence-corrected chi connectivity index (χ4v) is 3.05. The second-order valence-electron chi connectivity index (χ2n) is 6.96. The summed E-state index contributed by atoms with van der Waals surface area (Å²) < 4.78 is 11.9. The Morgan fingerprint density at radius 1 is 1.26 bits per heavy atom. The third-order valence-corrected chi connectivity index (χ3v) is 4.81. The molecule has 1 aromatic heterocycles. The van der Waals surface area contributed by atoms with Crippen molar-refractivity contribution in [3.05, 3.63) is 94.8 Å². The summed E-state index contributed by atoms with van der Waals surface area (Å²) in [6, 6.07) is 9.47. The van der Waals surface area contributed by atoms with Crippen LogP contribution in [0.1, 0.15) is 23.7 Å². The molecule has 0 radical (unpaired) electrons. The molecule has 1 unspecified atom stereocenters. The minimum Gasteiger partial charge on any atom is -0.342 e. The van der Waals surface area contributed by atoms with Gasteiger partial charge in [-0.25, -0.2) is 15.1 Å². The maximum Gasteiger partial charge on any atom is 0.261 e. The lowest BCUT2D eigenvalue weighted by Gasteiger charge is -2.37. The van der Waals surface area contributed by atoms with Crippen LogP contribution in [-0.2, 0) is 9.47 Å². The van der Waals surface area contributed by atoms with Gasteiger partial charge in [0.2, 0.25) is 5.79 Å². The molecule has 3 N–H and O–H groups in total. The number of ether oxygens (including phenoxy) is 2. The maximum atomic E-state index is 13.1. The van der Waals surface area contributed by atoms with Crippen LogP contribution in [0.5, 0.6) is 0 Å². The minimum atomic E-state index is -1.52. The first-order valence-corrected chi connectivity index (χ1v) is 10.9. The zero-order valence-corrected chi connectivity index (χ0v) is 19.9. The molecule has 11 nitrogen and oxygen atoms in total. The number of benzene rings is 1. The summed E-state index contributed by atoms with van der Waals surface area (Å²) in [5, 5.41) is 16.5. The van der Waals surface area contributed by atoms with Gasteiger partial charge in [-0.1, -0.05) is 36.1 Å². The predicted molar refractivity (Wildman–Crippen MR) is 133 cm³/mol. The fourth-order valence-electron chi connectivity index (χ4n) is 2.92. The Hall–Kier alpha value is -3.80. The monoisotopic (exact) mass is 502 g/mol. The van der Waals surface area contributed by atoms with Gasteiger partial charge in [0.15, 0.2) is 11.2 Å². The molecule has 2 rings (SSSR count). The molecule has 0 spiro atoms. The number of carbonyl (C=O) groups is 1. The van der Waals surface area contributed by atoms with E-state index >= 15 is 0 Å². The number of hydrazine groups is 1. The van der Waals surface area contributed by atoms with Gasteiger partial charge in [0, 0.05) is 23.2 Å². The third kappa shape index (κ3) is 8.49. The lowest BCUT2D eigenvalue weighted by molar-refractivity contribution is -0.525. The topological polar surface area (TPSA) is 140 Å². The maximum absolute atomic E-state index is 13.1. The summed E-state index contributed by atoms with van der Waals surface area (Å²) in [6.45, 7) is 9.18. The fraction of sp³-hybridized carbons (Fsp3) is 0.261. The highest BCUT2D eigenvalue weighted by Crippen LogP contribution is 2.25. The molecule has 0 aliphatic rings. The molecule has 0 saturated carbocycles. The first kappa shape index (κ1) is 27.4. The van der Waals surface area contributed by atoms with Crippen molar-refractivity contribution in [2.24, 2.45) is 4.99 Å². The standard InChI is InChI=1S/C23H27ClN6O5/c1-4-14-34-23(6-3,35-15-5-2)21(27-20(31)17-9-11-18(24)12-10-17)28-22(29-30(32)33)26-19-8-7-13-25-16-19/h4-5,7-13,16,21H,1-2,6,14-15H2,3H3,(H,27,31)(H2,26,28,29). The molecule has 1 heterocycles.